The molecule has 0 aliphatic heterocycles. The maximum absolute atomic E-state index is 12.7. The Balaban J connectivity index is 1.57. The summed E-state index contributed by atoms with van der Waals surface area (Å²) in [5.74, 6) is 1.72. The molecule has 1 N–H and O–H groups in total. The predicted molar refractivity (Wildman–Crippen MR) is 123 cm³/mol. The van der Waals surface area contributed by atoms with Crippen molar-refractivity contribution in [2.45, 2.75) is 34.6 Å². The normalized spacial score (nSPS) is 11.0. The van der Waals surface area contributed by atoms with Gasteiger partial charge in [-0.15, -0.1) is 0 Å². The molecule has 6 nitrogen and oxygen atoms in total. The van der Waals surface area contributed by atoms with Crippen molar-refractivity contribution in [2.24, 2.45) is 0 Å². The monoisotopic (exact) mass is 414 g/mol. The Kier molecular flexibility index (Phi) is 5.46. The number of amides is 1. The molecule has 0 saturated carbocycles. The van der Waals surface area contributed by atoms with E-state index in [0.717, 1.165) is 44.6 Å². The summed E-state index contributed by atoms with van der Waals surface area (Å²) in [7, 11) is 0. The van der Waals surface area contributed by atoms with E-state index in [1.807, 2.05) is 77.1 Å². The first kappa shape index (κ1) is 20.6. The summed E-state index contributed by atoms with van der Waals surface area (Å²) in [6.07, 6.45) is 0. The number of nitrogens with one attached hydrogen (secondary N) is 1. The molecule has 4 aromatic rings. The molecule has 0 aliphatic rings. The highest BCUT2D eigenvalue weighted by Crippen LogP contribution is 2.26. The first-order valence-corrected chi connectivity index (χ1v) is 10.3. The van der Waals surface area contributed by atoms with E-state index in [1.165, 1.54) is 0 Å². The number of carbonyl (C=O) groups is 1. The average Bonchev–Trinajstić information content (AvgIpc) is 3.10. The van der Waals surface area contributed by atoms with Gasteiger partial charge in [-0.2, -0.15) is 9.78 Å². The first-order valence-electron chi connectivity index (χ1n) is 10.3. The number of hydrogen-bond acceptors (Lipinski definition) is 4. The largest absolute Gasteiger partial charge is 0.483 e. The number of fused-ring (bicyclic) bond motifs is 1. The predicted octanol–water partition coefficient (Wildman–Crippen LogP) is 4.98. The smallest absolute Gasteiger partial charge is 0.263 e. The minimum absolute atomic E-state index is 0.0838. The third-order valence-corrected chi connectivity index (χ3v) is 5.45. The summed E-state index contributed by atoms with van der Waals surface area (Å²) in [5.41, 5.74) is 5.95. The van der Waals surface area contributed by atoms with E-state index >= 15 is 0 Å². The topological polar surface area (TPSA) is 69.0 Å². The number of aromatic nitrogens is 3. The van der Waals surface area contributed by atoms with Crippen LogP contribution in [0, 0.1) is 34.6 Å². The van der Waals surface area contributed by atoms with Crippen molar-refractivity contribution in [3.8, 4) is 11.6 Å². The molecule has 2 aromatic carbocycles. The SMILES string of the molecule is Cc1cc(NC(=O)COc2c(C)ccc(C)c2C)n(-c2cc(C)c3ccccc3n2)n1. The van der Waals surface area contributed by atoms with Crippen LogP contribution >= 0.6 is 0 Å². The van der Waals surface area contributed by atoms with Crippen LogP contribution in [-0.2, 0) is 4.79 Å². The highest BCUT2D eigenvalue weighted by atomic mass is 16.5. The molecule has 2 heterocycles. The van der Waals surface area contributed by atoms with E-state index in [-0.39, 0.29) is 12.5 Å². The van der Waals surface area contributed by atoms with Crippen LogP contribution in [0.15, 0.2) is 48.5 Å². The number of para-hydroxylation sites is 1. The van der Waals surface area contributed by atoms with Crippen molar-refractivity contribution in [1.82, 2.24) is 14.8 Å². The molecule has 0 unspecified atom stereocenters. The molecule has 0 saturated heterocycles. The molecule has 2 aromatic heterocycles. The van der Waals surface area contributed by atoms with Crippen LogP contribution in [0.3, 0.4) is 0 Å². The van der Waals surface area contributed by atoms with Gasteiger partial charge >= 0.3 is 0 Å². The molecule has 0 bridgehead atoms. The Morgan fingerprint density at radius 3 is 2.52 bits per heavy atom. The van der Waals surface area contributed by atoms with Crippen molar-refractivity contribution in [2.75, 3.05) is 11.9 Å². The molecular weight excluding hydrogens is 388 g/mol. The number of hydrogen-bond donors (Lipinski definition) is 1. The summed E-state index contributed by atoms with van der Waals surface area (Å²) in [6, 6.07) is 15.8. The number of carbonyl (C=O) groups excluding carboxylic acids is 1. The van der Waals surface area contributed by atoms with Gasteiger partial charge in [0.1, 0.15) is 11.6 Å². The summed E-state index contributed by atoms with van der Waals surface area (Å²) in [5, 5.41) is 8.55. The van der Waals surface area contributed by atoms with Crippen LogP contribution in [0.4, 0.5) is 5.82 Å². The molecule has 1 amide bonds. The third kappa shape index (κ3) is 4.14. The Labute approximate surface area is 181 Å². The van der Waals surface area contributed by atoms with E-state index in [9.17, 15) is 4.79 Å². The lowest BCUT2D eigenvalue weighted by molar-refractivity contribution is -0.118. The molecule has 0 radical (unpaired) electrons. The highest BCUT2D eigenvalue weighted by molar-refractivity contribution is 5.91. The zero-order chi connectivity index (χ0) is 22.1. The van der Waals surface area contributed by atoms with Crippen LogP contribution < -0.4 is 10.1 Å². The van der Waals surface area contributed by atoms with Gasteiger partial charge in [0.2, 0.25) is 0 Å². The lowest BCUT2D eigenvalue weighted by atomic mass is 10.1. The standard InChI is InChI=1S/C25H26N4O2/c1-15-10-11-16(2)25(19(15)5)31-14-24(30)27-23-13-18(4)28-29(23)22-12-17(3)20-8-6-7-9-21(20)26-22/h6-13H,14H2,1-5H3,(H,27,30). The first-order chi connectivity index (χ1) is 14.8. The van der Waals surface area contributed by atoms with Gasteiger partial charge in [0.25, 0.3) is 5.91 Å². The fraction of sp³-hybridized carbons (Fsp3) is 0.240. The highest BCUT2D eigenvalue weighted by Gasteiger charge is 2.15. The van der Waals surface area contributed by atoms with Gasteiger partial charge in [-0.25, -0.2) is 4.98 Å². The maximum atomic E-state index is 12.7. The Morgan fingerprint density at radius 2 is 1.71 bits per heavy atom. The molecule has 0 fully saturated rings. The Morgan fingerprint density at radius 1 is 0.968 bits per heavy atom. The van der Waals surface area contributed by atoms with E-state index in [1.54, 1.807) is 4.68 Å². The average molecular weight is 415 g/mol. The van der Waals surface area contributed by atoms with Crippen LogP contribution in [0.25, 0.3) is 16.7 Å². The van der Waals surface area contributed by atoms with Gasteiger partial charge in [0.05, 0.1) is 11.2 Å². The van der Waals surface area contributed by atoms with Crippen molar-refractivity contribution in [1.29, 1.82) is 0 Å². The molecule has 6 heteroatoms. The lowest BCUT2D eigenvalue weighted by Crippen LogP contribution is -2.22. The molecule has 0 spiro atoms. The second-order valence-corrected chi connectivity index (χ2v) is 7.89. The van der Waals surface area contributed by atoms with Crippen LogP contribution in [0.5, 0.6) is 5.75 Å². The van der Waals surface area contributed by atoms with Crippen LogP contribution in [0.1, 0.15) is 27.9 Å². The number of benzene rings is 2. The van der Waals surface area contributed by atoms with Crippen molar-refractivity contribution in [3.05, 3.63) is 76.5 Å². The molecule has 4 rings (SSSR count). The van der Waals surface area contributed by atoms with Gasteiger partial charge in [0.15, 0.2) is 12.4 Å². The summed E-state index contributed by atoms with van der Waals surface area (Å²) in [6.45, 7) is 9.85. The molecular formula is C25H26N4O2. The van der Waals surface area contributed by atoms with Crippen LogP contribution in [-0.4, -0.2) is 27.3 Å². The number of ether oxygens (including phenoxy) is 1. The second-order valence-electron chi connectivity index (χ2n) is 7.89. The fourth-order valence-electron chi connectivity index (χ4n) is 3.67. The van der Waals surface area contributed by atoms with E-state index < -0.39 is 0 Å². The quantitative estimate of drug-likeness (QED) is 0.500. The Hall–Kier alpha value is -3.67. The fourth-order valence-corrected chi connectivity index (χ4v) is 3.67. The molecule has 0 aliphatic carbocycles. The molecule has 0 atom stereocenters. The number of nitrogens with zero attached hydrogens (tertiary/aromatic N) is 3. The third-order valence-electron chi connectivity index (χ3n) is 5.45. The zero-order valence-corrected chi connectivity index (χ0v) is 18.5. The number of pyridine rings is 1. The summed E-state index contributed by atoms with van der Waals surface area (Å²) < 4.78 is 7.52. The van der Waals surface area contributed by atoms with Crippen molar-refractivity contribution < 1.29 is 9.53 Å². The minimum atomic E-state index is -0.251. The Bertz CT molecular complexity index is 1290. The van der Waals surface area contributed by atoms with E-state index in [2.05, 4.69) is 16.5 Å². The van der Waals surface area contributed by atoms with Gasteiger partial charge in [-0.3, -0.25) is 4.79 Å². The van der Waals surface area contributed by atoms with Gasteiger partial charge < -0.3 is 10.1 Å². The van der Waals surface area contributed by atoms with Crippen LogP contribution in [0.2, 0.25) is 0 Å². The number of anilines is 1. The van der Waals surface area contributed by atoms with Gasteiger partial charge in [-0.05, 0) is 69.0 Å². The van der Waals surface area contributed by atoms with E-state index in [0.29, 0.717) is 11.6 Å². The van der Waals surface area contributed by atoms with Crippen molar-refractivity contribution >= 4 is 22.6 Å². The molecule has 158 valence electrons. The number of rotatable bonds is 5. The van der Waals surface area contributed by atoms with E-state index in [4.69, 9.17) is 9.72 Å². The lowest BCUT2D eigenvalue weighted by Gasteiger charge is -2.14. The summed E-state index contributed by atoms with van der Waals surface area (Å²) in [4.78, 5) is 17.4. The zero-order valence-electron chi connectivity index (χ0n) is 18.5. The van der Waals surface area contributed by atoms with Crippen molar-refractivity contribution in [3.63, 3.8) is 0 Å². The second kappa shape index (κ2) is 8.22. The minimum Gasteiger partial charge on any atom is -0.483 e. The maximum Gasteiger partial charge on any atom is 0.263 e. The number of aryl methyl sites for hydroxylation is 4. The summed E-state index contributed by atoms with van der Waals surface area (Å²) >= 11 is 0. The van der Waals surface area contributed by atoms with Gasteiger partial charge in [0, 0.05) is 11.5 Å². The molecule has 31 heavy (non-hydrogen) atoms. The van der Waals surface area contributed by atoms with Gasteiger partial charge in [-0.1, -0.05) is 30.3 Å².